The van der Waals surface area contributed by atoms with E-state index in [1.807, 2.05) is 25.1 Å². The maximum absolute atomic E-state index is 11.5. The molecule has 0 radical (unpaired) electrons. The van der Waals surface area contributed by atoms with Crippen LogP contribution in [-0.4, -0.2) is 33.0 Å². The molecule has 1 aromatic rings. The first kappa shape index (κ1) is 12.2. The van der Waals surface area contributed by atoms with Crippen LogP contribution in [-0.2, 0) is 9.84 Å². The Morgan fingerprint density at radius 3 is 2.71 bits per heavy atom. The number of sulfone groups is 1. The molecular formula is C12H18N2O2S. The first-order valence-corrected chi connectivity index (χ1v) is 7.61. The first-order chi connectivity index (χ1) is 7.98. The fourth-order valence-corrected chi connectivity index (χ4v) is 3.32. The van der Waals surface area contributed by atoms with E-state index < -0.39 is 9.84 Å². The Morgan fingerprint density at radius 2 is 2.00 bits per heavy atom. The molecule has 1 fully saturated rings. The van der Waals surface area contributed by atoms with Crippen LogP contribution < -0.4 is 10.6 Å². The third-order valence-electron chi connectivity index (χ3n) is 3.17. The molecule has 2 rings (SSSR count). The molecular weight excluding hydrogens is 236 g/mol. The maximum Gasteiger partial charge on any atom is 0.152 e. The third kappa shape index (κ3) is 2.91. The van der Waals surface area contributed by atoms with Gasteiger partial charge < -0.3 is 10.6 Å². The highest BCUT2D eigenvalue weighted by Gasteiger charge is 2.19. The Hall–Kier alpha value is -1.23. The van der Waals surface area contributed by atoms with Gasteiger partial charge in [0.25, 0.3) is 0 Å². The van der Waals surface area contributed by atoms with E-state index in [0.29, 0.717) is 18.7 Å². The molecule has 17 heavy (non-hydrogen) atoms. The molecule has 1 aromatic carbocycles. The van der Waals surface area contributed by atoms with Crippen molar-refractivity contribution in [2.45, 2.75) is 13.3 Å². The van der Waals surface area contributed by atoms with Crippen molar-refractivity contribution < 1.29 is 8.42 Å². The minimum Gasteiger partial charge on any atom is -0.399 e. The van der Waals surface area contributed by atoms with Crippen LogP contribution in [0.25, 0.3) is 0 Å². The third-order valence-corrected chi connectivity index (χ3v) is 4.89. The highest BCUT2D eigenvalue weighted by molar-refractivity contribution is 7.91. The zero-order valence-electron chi connectivity index (χ0n) is 10.0. The van der Waals surface area contributed by atoms with E-state index in [1.54, 1.807) is 0 Å². The van der Waals surface area contributed by atoms with Crippen LogP contribution in [0.4, 0.5) is 11.4 Å². The molecule has 1 heterocycles. The summed E-state index contributed by atoms with van der Waals surface area (Å²) in [5.41, 5.74) is 8.65. The van der Waals surface area contributed by atoms with Crippen LogP contribution in [0.1, 0.15) is 12.0 Å². The lowest BCUT2D eigenvalue weighted by molar-refractivity contribution is 0.597. The summed E-state index contributed by atoms with van der Waals surface area (Å²) in [6.45, 7) is 3.33. The monoisotopic (exact) mass is 254 g/mol. The van der Waals surface area contributed by atoms with Gasteiger partial charge in [-0.3, -0.25) is 0 Å². The Balaban J connectivity index is 2.20. The number of aryl methyl sites for hydroxylation is 1. The summed E-state index contributed by atoms with van der Waals surface area (Å²) in [7, 11) is -2.84. The highest BCUT2D eigenvalue weighted by Crippen LogP contribution is 2.22. The summed E-state index contributed by atoms with van der Waals surface area (Å²) < 4.78 is 23.0. The normalized spacial score (nSPS) is 19.9. The van der Waals surface area contributed by atoms with Gasteiger partial charge in [0.05, 0.1) is 11.5 Å². The summed E-state index contributed by atoms with van der Waals surface area (Å²) in [6, 6.07) is 5.86. The summed E-state index contributed by atoms with van der Waals surface area (Å²) in [4.78, 5) is 2.12. The summed E-state index contributed by atoms with van der Waals surface area (Å²) in [5.74, 6) is 0.549. The molecule has 0 aromatic heterocycles. The van der Waals surface area contributed by atoms with E-state index in [2.05, 4.69) is 4.90 Å². The van der Waals surface area contributed by atoms with Crippen molar-refractivity contribution in [2.75, 3.05) is 35.2 Å². The van der Waals surface area contributed by atoms with E-state index >= 15 is 0 Å². The van der Waals surface area contributed by atoms with Gasteiger partial charge in [-0.25, -0.2) is 8.42 Å². The quantitative estimate of drug-likeness (QED) is 0.765. The SMILES string of the molecule is Cc1cc(N2CCCS(=O)(=O)CC2)ccc1N. The number of nitrogens with zero attached hydrogens (tertiary/aromatic N) is 1. The van der Waals surface area contributed by atoms with Gasteiger partial charge in [-0.05, 0) is 37.1 Å². The van der Waals surface area contributed by atoms with E-state index in [-0.39, 0.29) is 5.75 Å². The van der Waals surface area contributed by atoms with Gasteiger partial charge in [-0.1, -0.05) is 0 Å². The number of nitrogens with two attached hydrogens (primary N) is 1. The smallest absolute Gasteiger partial charge is 0.152 e. The Bertz CT molecular complexity index is 511. The number of hydrogen-bond acceptors (Lipinski definition) is 4. The van der Waals surface area contributed by atoms with Gasteiger partial charge in [-0.2, -0.15) is 0 Å². The molecule has 0 saturated carbocycles. The van der Waals surface area contributed by atoms with Crippen molar-refractivity contribution in [3.63, 3.8) is 0 Å². The Labute approximate surface area is 102 Å². The predicted molar refractivity (Wildman–Crippen MR) is 71.1 cm³/mol. The van der Waals surface area contributed by atoms with E-state index in [4.69, 9.17) is 5.73 Å². The van der Waals surface area contributed by atoms with Gasteiger partial charge in [0, 0.05) is 24.5 Å². The van der Waals surface area contributed by atoms with E-state index in [0.717, 1.165) is 23.5 Å². The van der Waals surface area contributed by atoms with Crippen molar-refractivity contribution in [3.8, 4) is 0 Å². The Morgan fingerprint density at radius 1 is 1.24 bits per heavy atom. The molecule has 0 spiro atoms. The zero-order valence-corrected chi connectivity index (χ0v) is 10.8. The van der Waals surface area contributed by atoms with Crippen LogP contribution in [0, 0.1) is 6.92 Å². The molecule has 0 unspecified atom stereocenters. The van der Waals surface area contributed by atoms with Crippen molar-refractivity contribution in [1.29, 1.82) is 0 Å². The number of rotatable bonds is 1. The second kappa shape index (κ2) is 4.56. The average molecular weight is 254 g/mol. The largest absolute Gasteiger partial charge is 0.399 e. The standard InChI is InChI=1S/C12H18N2O2S/c1-10-9-11(3-4-12(10)13)14-5-2-7-17(15,16)8-6-14/h3-4,9H,2,5-8,13H2,1H3. The number of benzene rings is 1. The van der Waals surface area contributed by atoms with Gasteiger partial charge in [-0.15, -0.1) is 0 Å². The van der Waals surface area contributed by atoms with Crippen LogP contribution >= 0.6 is 0 Å². The van der Waals surface area contributed by atoms with E-state index in [1.165, 1.54) is 0 Å². The average Bonchev–Trinajstić information content (AvgIpc) is 2.44. The van der Waals surface area contributed by atoms with Crippen LogP contribution in [0.2, 0.25) is 0 Å². The molecule has 4 nitrogen and oxygen atoms in total. The molecule has 94 valence electrons. The maximum atomic E-state index is 11.5. The predicted octanol–water partition coefficient (Wildman–Crippen LogP) is 1.20. The molecule has 0 amide bonds. The zero-order chi connectivity index (χ0) is 12.5. The summed E-state index contributed by atoms with van der Waals surface area (Å²) >= 11 is 0. The lowest BCUT2D eigenvalue weighted by Crippen LogP contribution is -2.26. The molecule has 0 atom stereocenters. The summed E-state index contributed by atoms with van der Waals surface area (Å²) in [6.07, 6.45) is 0.700. The lowest BCUT2D eigenvalue weighted by atomic mass is 10.1. The number of nitrogen functional groups attached to an aromatic ring is 1. The molecule has 0 bridgehead atoms. The molecule has 1 aliphatic heterocycles. The van der Waals surface area contributed by atoms with Gasteiger partial charge in [0.1, 0.15) is 0 Å². The molecule has 5 heteroatoms. The van der Waals surface area contributed by atoms with Crippen LogP contribution in [0.3, 0.4) is 0 Å². The van der Waals surface area contributed by atoms with Crippen LogP contribution in [0.15, 0.2) is 18.2 Å². The van der Waals surface area contributed by atoms with Crippen molar-refractivity contribution in [1.82, 2.24) is 0 Å². The second-order valence-corrected chi connectivity index (χ2v) is 6.84. The van der Waals surface area contributed by atoms with Gasteiger partial charge in [0.2, 0.25) is 0 Å². The van der Waals surface area contributed by atoms with Gasteiger partial charge in [0.15, 0.2) is 9.84 Å². The number of anilines is 2. The highest BCUT2D eigenvalue weighted by atomic mass is 32.2. The van der Waals surface area contributed by atoms with Gasteiger partial charge >= 0.3 is 0 Å². The Kier molecular flexibility index (Phi) is 3.28. The molecule has 2 N–H and O–H groups in total. The lowest BCUT2D eigenvalue weighted by Gasteiger charge is -2.22. The topological polar surface area (TPSA) is 63.4 Å². The minimum atomic E-state index is -2.84. The second-order valence-electron chi connectivity index (χ2n) is 4.53. The van der Waals surface area contributed by atoms with Crippen molar-refractivity contribution in [2.24, 2.45) is 0 Å². The van der Waals surface area contributed by atoms with Crippen molar-refractivity contribution >= 4 is 21.2 Å². The fraction of sp³-hybridized carbons (Fsp3) is 0.500. The van der Waals surface area contributed by atoms with Crippen molar-refractivity contribution in [3.05, 3.63) is 23.8 Å². The first-order valence-electron chi connectivity index (χ1n) is 5.79. The van der Waals surface area contributed by atoms with E-state index in [9.17, 15) is 8.42 Å². The number of hydrogen-bond donors (Lipinski definition) is 1. The summed E-state index contributed by atoms with van der Waals surface area (Å²) in [5, 5.41) is 0. The fourth-order valence-electron chi connectivity index (χ4n) is 2.05. The molecule has 0 aliphatic carbocycles. The minimum absolute atomic E-state index is 0.246. The molecule has 1 saturated heterocycles. The van der Waals surface area contributed by atoms with Crippen LogP contribution in [0.5, 0.6) is 0 Å². The molecule has 1 aliphatic rings.